The molecule has 6 nitrogen and oxygen atoms in total. The lowest BCUT2D eigenvalue weighted by atomic mass is 9.96. The van der Waals surface area contributed by atoms with Gasteiger partial charge in [-0.1, -0.05) is 20.8 Å². The zero-order valence-electron chi connectivity index (χ0n) is 16.5. The van der Waals surface area contributed by atoms with Crippen LogP contribution >= 0.6 is 0 Å². The quantitative estimate of drug-likeness (QED) is 0.846. The number of aromatic nitrogens is 3. The number of nitrogens with one attached hydrogen (secondary N) is 2. The second kappa shape index (κ2) is 6.98. The van der Waals surface area contributed by atoms with E-state index in [1.165, 1.54) is 0 Å². The van der Waals surface area contributed by atoms with Gasteiger partial charge in [-0.25, -0.2) is 4.98 Å². The van der Waals surface area contributed by atoms with Gasteiger partial charge in [0, 0.05) is 48.9 Å². The van der Waals surface area contributed by atoms with Gasteiger partial charge in [0.15, 0.2) is 0 Å². The van der Waals surface area contributed by atoms with Gasteiger partial charge < -0.3 is 10.2 Å². The van der Waals surface area contributed by atoms with Crippen LogP contribution in [0, 0.1) is 11.3 Å². The monoisotopic (exact) mass is 367 g/mol. The molecular weight excluding hydrogens is 338 g/mol. The van der Waals surface area contributed by atoms with Crippen LogP contribution in [-0.2, 0) is 4.79 Å². The fraction of sp³-hybridized carbons (Fsp3) is 0.571. The van der Waals surface area contributed by atoms with Crippen LogP contribution in [0.3, 0.4) is 0 Å². The fourth-order valence-electron chi connectivity index (χ4n) is 3.67. The lowest BCUT2D eigenvalue weighted by molar-refractivity contribution is -0.131. The van der Waals surface area contributed by atoms with Crippen LogP contribution in [0.15, 0.2) is 24.5 Å². The summed E-state index contributed by atoms with van der Waals surface area (Å²) in [6.45, 7) is 9.12. The maximum absolute atomic E-state index is 12.4. The molecule has 1 saturated heterocycles. The number of anilines is 1. The van der Waals surface area contributed by atoms with Crippen molar-refractivity contribution in [2.24, 2.45) is 11.3 Å². The molecule has 2 fully saturated rings. The first-order valence-corrected chi connectivity index (χ1v) is 9.93. The van der Waals surface area contributed by atoms with Crippen molar-refractivity contribution in [2.75, 3.05) is 25.0 Å². The smallest absolute Gasteiger partial charge is 0.225 e. The Labute approximate surface area is 160 Å². The molecule has 0 spiro atoms. The highest BCUT2D eigenvalue weighted by molar-refractivity contribution is 5.81. The Balaban J connectivity index is 1.50. The second-order valence-electron chi connectivity index (χ2n) is 9.09. The summed E-state index contributed by atoms with van der Waals surface area (Å²) >= 11 is 0. The molecule has 0 bridgehead atoms. The van der Waals surface area contributed by atoms with Crippen LogP contribution in [0.2, 0.25) is 0 Å². The summed E-state index contributed by atoms with van der Waals surface area (Å²) in [6.07, 6.45) is 6.86. The summed E-state index contributed by atoms with van der Waals surface area (Å²) in [5, 5.41) is 10.9. The Hall–Kier alpha value is -2.37. The number of carbonyl (C=O) groups is 1. The number of hydrogen-bond acceptors (Lipinski definition) is 4. The minimum Gasteiger partial charge on any atom is -0.370 e. The molecule has 1 amide bonds. The molecule has 1 saturated carbocycles. The van der Waals surface area contributed by atoms with E-state index >= 15 is 0 Å². The Morgan fingerprint density at radius 3 is 2.89 bits per heavy atom. The van der Waals surface area contributed by atoms with Crippen LogP contribution in [0.5, 0.6) is 0 Å². The number of amides is 1. The molecule has 2 aromatic rings. The molecule has 4 rings (SSSR count). The average Bonchev–Trinajstić information content (AvgIpc) is 3.17. The number of hydrogen-bond donors (Lipinski definition) is 2. The SMILES string of the molecule is CC(C)(C)CNc1cc(-c2cn[nH]c2[C@H]2CCN(C(=O)C3CC3)C2)ccn1. The largest absolute Gasteiger partial charge is 0.370 e. The second-order valence-corrected chi connectivity index (χ2v) is 9.09. The molecule has 144 valence electrons. The summed E-state index contributed by atoms with van der Waals surface area (Å²) in [5.74, 6) is 1.84. The van der Waals surface area contributed by atoms with Crippen molar-refractivity contribution >= 4 is 11.7 Å². The van der Waals surface area contributed by atoms with Crippen LogP contribution < -0.4 is 5.32 Å². The number of likely N-dealkylation sites (tertiary alicyclic amines) is 1. The highest BCUT2D eigenvalue weighted by atomic mass is 16.2. The van der Waals surface area contributed by atoms with Gasteiger partial charge >= 0.3 is 0 Å². The van der Waals surface area contributed by atoms with Crippen LogP contribution in [-0.4, -0.2) is 45.6 Å². The van der Waals surface area contributed by atoms with Gasteiger partial charge in [-0.05, 0) is 42.4 Å². The molecule has 27 heavy (non-hydrogen) atoms. The lowest BCUT2D eigenvalue weighted by Gasteiger charge is -2.19. The van der Waals surface area contributed by atoms with Gasteiger partial charge in [-0.2, -0.15) is 5.10 Å². The topological polar surface area (TPSA) is 73.9 Å². The van der Waals surface area contributed by atoms with E-state index < -0.39 is 0 Å². The average molecular weight is 367 g/mol. The molecule has 2 aliphatic rings. The van der Waals surface area contributed by atoms with E-state index in [-0.39, 0.29) is 5.41 Å². The minimum atomic E-state index is 0.194. The maximum Gasteiger partial charge on any atom is 0.225 e. The zero-order valence-corrected chi connectivity index (χ0v) is 16.5. The van der Waals surface area contributed by atoms with E-state index in [2.05, 4.69) is 47.3 Å². The highest BCUT2D eigenvalue weighted by Crippen LogP contribution is 2.37. The Kier molecular flexibility index (Phi) is 4.66. The molecular formula is C21H29N5O. The normalized spacial score (nSPS) is 20.1. The van der Waals surface area contributed by atoms with Crippen molar-refractivity contribution in [3.63, 3.8) is 0 Å². The van der Waals surface area contributed by atoms with Gasteiger partial charge in [0.1, 0.15) is 5.82 Å². The summed E-state index contributed by atoms with van der Waals surface area (Å²) in [7, 11) is 0. The third kappa shape index (κ3) is 4.15. The number of aromatic amines is 1. The predicted molar refractivity (Wildman–Crippen MR) is 106 cm³/mol. The third-order valence-corrected chi connectivity index (χ3v) is 5.37. The predicted octanol–water partition coefficient (Wildman–Crippen LogP) is 3.66. The van der Waals surface area contributed by atoms with Crippen LogP contribution in [0.4, 0.5) is 5.82 Å². The maximum atomic E-state index is 12.4. The molecule has 0 unspecified atom stereocenters. The van der Waals surface area contributed by atoms with E-state index in [4.69, 9.17) is 0 Å². The standard InChI is InChI=1S/C21H29N5O/c1-21(2,3)13-23-18-10-15(6-8-22-18)17-11-24-25-19(17)16-7-9-26(12-16)20(27)14-4-5-14/h6,8,10-11,14,16H,4-5,7,9,12-13H2,1-3H3,(H,22,23)(H,24,25)/t16-/m0/s1. The zero-order chi connectivity index (χ0) is 19.0. The molecule has 0 aromatic carbocycles. The minimum absolute atomic E-state index is 0.194. The van der Waals surface area contributed by atoms with Gasteiger partial charge in [0.05, 0.1) is 6.20 Å². The van der Waals surface area contributed by atoms with Crippen molar-refractivity contribution in [3.05, 3.63) is 30.2 Å². The first-order chi connectivity index (χ1) is 12.9. The fourth-order valence-corrected chi connectivity index (χ4v) is 3.67. The van der Waals surface area contributed by atoms with Crippen molar-refractivity contribution in [1.29, 1.82) is 0 Å². The Morgan fingerprint density at radius 2 is 2.15 bits per heavy atom. The van der Waals surface area contributed by atoms with Crippen molar-refractivity contribution in [2.45, 2.75) is 46.0 Å². The highest BCUT2D eigenvalue weighted by Gasteiger charge is 2.37. The van der Waals surface area contributed by atoms with E-state index in [9.17, 15) is 4.79 Å². The van der Waals surface area contributed by atoms with E-state index in [1.807, 2.05) is 23.4 Å². The molecule has 3 heterocycles. The van der Waals surface area contributed by atoms with E-state index in [1.54, 1.807) is 0 Å². The first-order valence-electron chi connectivity index (χ1n) is 9.93. The first kappa shape index (κ1) is 18.0. The number of carbonyl (C=O) groups excluding carboxylic acids is 1. The van der Waals surface area contributed by atoms with E-state index in [0.29, 0.717) is 17.7 Å². The number of rotatable bonds is 5. The molecule has 2 aromatic heterocycles. The van der Waals surface area contributed by atoms with Crippen molar-refractivity contribution in [3.8, 4) is 11.1 Å². The molecule has 1 aliphatic carbocycles. The van der Waals surface area contributed by atoms with Gasteiger partial charge in [-0.15, -0.1) is 0 Å². The Bertz CT molecular complexity index is 818. The number of H-pyrrole nitrogens is 1. The van der Waals surface area contributed by atoms with Gasteiger partial charge in [-0.3, -0.25) is 9.89 Å². The van der Waals surface area contributed by atoms with Crippen molar-refractivity contribution in [1.82, 2.24) is 20.1 Å². The molecule has 1 atom stereocenters. The number of pyridine rings is 1. The molecule has 1 aliphatic heterocycles. The van der Waals surface area contributed by atoms with Crippen LogP contribution in [0.25, 0.3) is 11.1 Å². The third-order valence-electron chi connectivity index (χ3n) is 5.37. The number of nitrogens with zero attached hydrogens (tertiary/aromatic N) is 3. The lowest BCUT2D eigenvalue weighted by Crippen LogP contribution is -2.29. The Morgan fingerprint density at radius 1 is 1.33 bits per heavy atom. The van der Waals surface area contributed by atoms with E-state index in [0.717, 1.165) is 61.5 Å². The summed E-state index contributed by atoms with van der Waals surface area (Å²) in [5.41, 5.74) is 3.55. The molecule has 0 radical (unpaired) electrons. The summed E-state index contributed by atoms with van der Waals surface area (Å²) < 4.78 is 0. The molecule has 6 heteroatoms. The molecule has 2 N–H and O–H groups in total. The van der Waals surface area contributed by atoms with Crippen LogP contribution in [0.1, 0.15) is 51.6 Å². The van der Waals surface area contributed by atoms with Crippen molar-refractivity contribution < 1.29 is 4.79 Å². The van der Waals surface area contributed by atoms with Gasteiger partial charge in [0.2, 0.25) is 5.91 Å². The summed E-state index contributed by atoms with van der Waals surface area (Å²) in [4.78, 5) is 18.8. The van der Waals surface area contributed by atoms with Gasteiger partial charge in [0.25, 0.3) is 0 Å². The summed E-state index contributed by atoms with van der Waals surface area (Å²) in [6, 6.07) is 4.11.